The lowest BCUT2D eigenvalue weighted by molar-refractivity contribution is 0.0757. The molecule has 2 aliphatic rings. The lowest BCUT2D eigenvalue weighted by atomic mass is 10.0. The highest BCUT2D eigenvalue weighted by molar-refractivity contribution is 4.88. The van der Waals surface area contributed by atoms with Crippen molar-refractivity contribution >= 4 is 0 Å². The molecule has 1 heterocycles. The number of nitrogens with one attached hydrogen (secondary N) is 1. The fraction of sp³-hybridized carbons (Fsp3) is 1.00. The first-order chi connectivity index (χ1) is 8.33. The molecule has 0 aromatic carbocycles. The summed E-state index contributed by atoms with van der Waals surface area (Å²) in [6, 6.07) is 1.34. The van der Waals surface area contributed by atoms with Gasteiger partial charge in [0.2, 0.25) is 0 Å². The van der Waals surface area contributed by atoms with Crippen molar-refractivity contribution in [2.45, 2.75) is 63.6 Å². The highest BCUT2D eigenvalue weighted by atomic mass is 16.5. The summed E-state index contributed by atoms with van der Waals surface area (Å²) < 4.78 is 5.55. The van der Waals surface area contributed by atoms with Crippen LogP contribution in [-0.2, 0) is 4.74 Å². The van der Waals surface area contributed by atoms with Gasteiger partial charge >= 0.3 is 0 Å². The smallest absolute Gasteiger partial charge is 0.0724 e. The van der Waals surface area contributed by atoms with E-state index >= 15 is 0 Å². The summed E-state index contributed by atoms with van der Waals surface area (Å²) in [5, 5.41) is 3.83. The van der Waals surface area contributed by atoms with Gasteiger partial charge in [0, 0.05) is 19.2 Å². The summed E-state index contributed by atoms with van der Waals surface area (Å²) in [6.07, 6.45) is 8.23. The Morgan fingerprint density at radius 1 is 1.18 bits per heavy atom. The summed E-state index contributed by atoms with van der Waals surface area (Å²) in [7, 11) is 1.86. The van der Waals surface area contributed by atoms with Gasteiger partial charge < -0.3 is 15.0 Å². The molecule has 3 heteroatoms. The molecule has 2 unspecified atom stereocenters. The number of likely N-dealkylation sites (tertiary alicyclic amines) is 1. The van der Waals surface area contributed by atoms with Crippen molar-refractivity contribution in [2.24, 2.45) is 0 Å². The van der Waals surface area contributed by atoms with E-state index in [-0.39, 0.29) is 0 Å². The zero-order valence-corrected chi connectivity index (χ0v) is 11.5. The van der Waals surface area contributed by atoms with Crippen LogP contribution in [0.5, 0.6) is 0 Å². The molecule has 100 valence electrons. The molecule has 1 N–H and O–H groups in total. The van der Waals surface area contributed by atoms with Gasteiger partial charge in [-0.25, -0.2) is 0 Å². The van der Waals surface area contributed by atoms with Crippen LogP contribution in [0.15, 0.2) is 0 Å². The number of hydrogen-bond acceptors (Lipinski definition) is 3. The van der Waals surface area contributed by atoms with Gasteiger partial charge in [-0.2, -0.15) is 0 Å². The van der Waals surface area contributed by atoms with E-state index in [0.717, 1.165) is 6.04 Å². The minimum Gasteiger partial charge on any atom is -0.380 e. The molecule has 0 bridgehead atoms. The fourth-order valence-electron chi connectivity index (χ4n) is 3.34. The third kappa shape index (κ3) is 3.67. The van der Waals surface area contributed by atoms with Crippen LogP contribution in [0.4, 0.5) is 0 Å². The predicted molar refractivity (Wildman–Crippen MR) is 71.3 cm³/mol. The van der Waals surface area contributed by atoms with Crippen molar-refractivity contribution in [1.82, 2.24) is 10.2 Å². The standard InChI is InChI=1S/C14H28N2O/c1-3-9-16-10-7-12(8-11-16)15-13-5-4-6-14(13)17-2/h12-15H,3-11H2,1-2H3. The second-order valence-corrected chi connectivity index (χ2v) is 5.59. The minimum atomic E-state index is 0.462. The molecule has 3 nitrogen and oxygen atoms in total. The molecule has 1 saturated carbocycles. The summed E-state index contributed by atoms with van der Waals surface area (Å²) in [6.45, 7) is 6.09. The molecule has 0 amide bonds. The average Bonchev–Trinajstić information content (AvgIpc) is 2.79. The summed E-state index contributed by atoms with van der Waals surface area (Å²) >= 11 is 0. The van der Waals surface area contributed by atoms with Crippen molar-refractivity contribution in [3.8, 4) is 0 Å². The normalized spacial score (nSPS) is 32.1. The SMILES string of the molecule is CCCN1CCC(NC2CCCC2OC)CC1. The zero-order chi connectivity index (χ0) is 12.1. The van der Waals surface area contributed by atoms with Gasteiger partial charge in [-0.05, 0) is 58.2 Å². The predicted octanol–water partition coefficient (Wildman–Crippen LogP) is 2.02. The molecule has 1 aliphatic heterocycles. The number of nitrogens with zero attached hydrogens (tertiary/aromatic N) is 1. The highest BCUT2D eigenvalue weighted by Crippen LogP contribution is 2.23. The van der Waals surface area contributed by atoms with Gasteiger partial charge in [-0.3, -0.25) is 0 Å². The summed E-state index contributed by atoms with van der Waals surface area (Å²) in [5.41, 5.74) is 0. The van der Waals surface area contributed by atoms with E-state index in [2.05, 4.69) is 17.1 Å². The molecular formula is C14H28N2O. The molecule has 0 aromatic heterocycles. The van der Waals surface area contributed by atoms with Crippen LogP contribution in [0, 0.1) is 0 Å². The Balaban J connectivity index is 1.70. The molecule has 2 fully saturated rings. The van der Waals surface area contributed by atoms with Crippen LogP contribution < -0.4 is 5.32 Å². The van der Waals surface area contributed by atoms with Crippen LogP contribution in [-0.4, -0.2) is 49.8 Å². The Labute approximate surface area is 106 Å². The maximum absolute atomic E-state index is 5.55. The summed E-state index contributed by atoms with van der Waals surface area (Å²) in [5.74, 6) is 0. The maximum atomic E-state index is 5.55. The molecule has 17 heavy (non-hydrogen) atoms. The number of ether oxygens (including phenoxy) is 1. The largest absolute Gasteiger partial charge is 0.380 e. The van der Waals surface area contributed by atoms with E-state index in [1.165, 1.54) is 58.2 Å². The van der Waals surface area contributed by atoms with Gasteiger partial charge in [0.25, 0.3) is 0 Å². The first kappa shape index (κ1) is 13.3. The van der Waals surface area contributed by atoms with E-state index in [4.69, 9.17) is 4.74 Å². The van der Waals surface area contributed by atoms with E-state index in [1.807, 2.05) is 7.11 Å². The molecule has 0 spiro atoms. The summed E-state index contributed by atoms with van der Waals surface area (Å²) in [4.78, 5) is 2.60. The Hall–Kier alpha value is -0.120. The Morgan fingerprint density at radius 3 is 2.59 bits per heavy atom. The van der Waals surface area contributed by atoms with Crippen LogP contribution in [0.3, 0.4) is 0 Å². The lowest BCUT2D eigenvalue weighted by Gasteiger charge is -2.34. The zero-order valence-electron chi connectivity index (χ0n) is 11.5. The van der Waals surface area contributed by atoms with Gasteiger partial charge in [-0.1, -0.05) is 6.92 Å². The van der Waals surface area contributed by atoms with Crippen LogP contribution >= 0.6 is 0 Å². The highest BCUT2D eigenvalue weighted by Gasteiger charge is 2.29. The van der Waals surface area contributed by atoms with Crippen molar-refractivity contribution in [2.75, 3.05) is 26.7 Å². The molecule has 1 saturated heterocycles. The monoisotopic (exact) mass is 240 g/mol. The molecular weight excluding hydrogens is 212 g/mol. The van der Waals surface area contributed by atoms with Gasteiger partial charge in [-0.15, -0.1) is 0 Å². The second-order valence-electron chi connectivity index (χ2n) is 5.59. The van der Waals surface area contributed by atoms with Crippen molar-refractivity contribution in [3.05, 3.63) is 0 Å². The third-order valence-electron chi connectivity index (χ3n) is 4.33. The van der Waals surface area contributed by atoms with Crippen molar-refractivity contribution in [3.63, 3.8) is 0 Å². The van der Waals surface area contributed by atoms with Crippen LogP contribution in [0.25, 0.3) is 0 Å². The second kappa shape index (κ2) is 6.72. The molecule has 0 aromatic rings. The molecule has 0 radical (unpaired) electrons. The van der Waals surface area contributed by atoms with Crippen molar-refractivity contribution in [1.29, 1.82) is 0 Å². The van der Waals surface area contributed by atoms with Crippen LogP contribution in [0.2, 0.25) is 0 Å². The number of hydrogen-bond donors (Lipinski definition) is 1. The van der Waals surface area contributed by atoms with Crippen LogP contribution in [0.1, 0.15) is 45.4 Å². The van der Waals surface area contributed by atoms with Gasteiger partial charge in [0.05, 0.1) is 6.10 Å². The Morgan fingerprint density at radius 2 is 1.94 bits per heavy atom. The first-order valence-corrected chi connectivity index (χ1v) is 7.34. The van der Waals surface area contributed by atoms with E-state index in [1.54, 1.807) is 0 Å². The van der Waals surface area contributed by atoms with Gasteiger partial charge in [0.15, 0.2) is 0 Å². The third-order valence-corrected chi connectivity index (χ3v) is 4.33. The fourth-order valence-corrected chi connectivity index (χ4v) is 3.34. The lowest BCUT2D eigenvalue weighted by Crippen LogP contribution is -2.48. The molecule has 2 rings (SSSR count). The van der Waals surface area contributed by atoms with E-state index < -0.39 is 0 Å². The Kier molecular flexibility index (Phi) is 5.26. The van der Waals surface area contributed by atoms with E-state index in [0.29, 0.717) is 12.1 Å². The van der Waals surface area contributed by atoms with E-state index in [9.17, 15) is 0 Å². The maximum Gasteiger partial charge on any atom is 0.0724 e. The molecule has 1 aliphatic carbocycles. The number of piperidine rings is 1. The molecule has 2 atom stereocenters. The number of methoxy groups -OCH3 is 1. The number of rotatable bonds is 5. The quantitative estimate of drug-likeness (QED) is 0.795. The first-order valence-electron chi connectivity index (χ1n) is 7.34. The Bertz CT molecular complexity index is 214. The van der Waals surface area contributed by atoms with Crippen molar-refractivity contribution < 1.29 is 4.74 Å². The minimum absolute atomic E-state index is 0.462. The topological polar surface area (TPSA) is 24.5 Å². The average molecular weight is 240 g/mol. The van der Waals surface area contributed by atoms with Gasteiger partial charge in [0.1, 0.15) is 0 Å².